The molecule has 0 unspecified atom stereocenters. The highest BCUT2D eigenvalue weighted by molar-refractivity contribution is 6.01. The molecule has 0 bridgehead atoms. The van der Waals surface area contributed by atoms with E-state index in [4.69, 9.17) is 0 Å². The number of allylic oxidation sites excluding steroid dienone is 1. The first-order valence-electron chi connectivity index (χ1n) is 3.86. The summed E-state index contributed by atoms with van der Waals surface area (Å²) in [5.41, 5.74) is 3.67. The molecule has 4 heteroatoms. The highest BCUT2D eigenvalue weighted by Gasteiger charge is 2.28. The molecule has 12 heavy (non-hydrogen) atoms. The van der Waals surface area contributed by atoms with Gasteiger partial charge in [-0.15, -0.1) is 0 Å². The highest BCUT2D eigenvalue weighted by Crippen LogP contribution is 2.08. The van der Waals surface area contributed by atoms with Gasteiger partial charge in [0.15, 0.2) is 0 Å². The minimum absolute atomic E-state index is 0.155. The average molecular weight is 168 g/mol. The SMILES string of the molecule is CC(C)=CNN1C(=O)CCC1=O. The van der Waals surface area contributed by atoms with Crippen molar-refractivity contribution in [2.75, 3.05) is 0 Å². The van der Waals surface area contributed by atoms with Crippen LogP contribution < -0.4 is 5.43 Å². The van der Waals surface area contributed by atoms with E-state index in [1.165, 1.54) is 0 Å². The Morgan fingerprint density at radius 3 is 2.25 bits per heavy atom. The van der Waals surface area contributed by atoms with Crippen molar-refractivity contribution in [3.8, 4) is 0 Å². The lowest BCUT2D eigenvalue weighted by atomic mass is 10.4. The third-order valence-corrected chi connectivity index (χ3v) is 1.53. The summed E-state index contributed by atoms with van der Waals surface area (Å²) in [4.78, 5) is 22.0. The number of carbonyl (C=O) groups excluding carboxylic acids is 2. The normalized spacial score (nSPS) is 16.7. The zero-order chi connectivity index (χ0) is 9.14. The largest absolute Gasteiger partial charge is 0.296 e. The maximum Gasteiger partial charge on any atom is 0.248 e. The first-order valence-corrected chi connectivity index (χ1v) is 3.86. The molecule has 1 rings (SSSR count). The summed E-state index contributed by atoms with van der Waals surface area (Å²) in [5, 5.41) is 1.06. The fourth-order valence-electron chi connectivity index (χ4n) is 0.914. The lowest BCUT2D eigenvalue weighted by Crippen LogP contribution is -2.38. The van der Waals surface area contributed by atoms with Gasteiger partial charge in [-0.25, -0.2) is 0 Å². The van der Waals surface area contributed by atoms with Gasteiger partial charge in [0.1, 0.15) is 0 Å². The summed E-state index contributed by atoms with van der Waals surface area (Å²) < 4.78 is 0. The minimum atomic E-state index is -0.155. The Balaban J connectivity index is 2.56. The summed E-state index contributed by atoms with van der Waals surface area (Å²) >= 11 is 0. The van der Waals surface area contributed by atoms with Crippen LogP contribution in [0.25, 0.3) is 0 Å². The van der Waals surface area contributed by atoms with Crippen molar-refractivity contribution in [2.45, 2.75) is 26.7 Å². The topological polar surface area (TPSA) is 49.4 Å². The van der Waals surface area contributed by atoms with Crippen LogP contribution in [0.15, 0.2) is 11.8 Å². The Labute approximate surface area is 71.2 Å². The molecule has 0 spiro atoms. The molecule has 4 nitrogen and oxygen atoms in total. The molecule has 1 N–H and O–H groups in total. The lowest BCUT2D eigenvalue weighted by molar-refractivity contribution is -0.141. The minimum Gasteiger partial charge on any atom is -0.296 e. The molecule has 0 aliphatic carbocycles. The van der Waals surface area contributed by atoms with Crippen LogP contribution in [0.1, 0.15) is 26.7 Å². The molecule has 0 atom stereocenters. The molecule has 0 aromatic carbocycles. The van der Waals surface area contributed by atoms with Crippen LogP contribution in [0.4, 0.5) is 0 Å². The van der Waals surface area contributed by atoms with Gasteiger partial charge in [0, 0.05) is 19.0 Å². The van der Waals surface area contributed by atoms with Crippen LogP contribution in [0.5, 0.6) is 0 Å². The number of hydrazine groups is 1. The molecule has 0 aromatic rings. The van der Waals surface area contributed by atoms with Gasteiger partial charge < -0.3 is 0 Å². The van der Waals surface area contributed by atoms with E-state index in [1.54, 1.807) is 6.20 Å². The molecule has 1 aliphatic rings. The molecular weight excluding hydrogens is 156 g/mol. The van der Waals surface area contributed by atoms with Crippen LogP contribution in [-0.4, -0.2) is 16.8 Å². The molecule has 0 saturated carbocycles. The van der Waals surface area contributed by atoms with E-state index in [0.29, 0.717) is 12.8 Å². The van der Waals surface area contributed by atoms with E-state index in [-0.39, 0.29) is 11.8 Å². The Morgan fingerprint density at radius 2 is 1.83 bits per heavy atom. The monoisotopic (exact) mass is 168 g/mol. The van der Waals surface area contributed by atoms with Gasteiger partial charge in [-0.2, -0.15) is 5.01 Å². The summed E-state index contributed by atoms with van der Waals surface area (Å²) in [6.07, 6.45) is 2.28. The third kappa shape index (κ3) is 1.84. The summed E-state index contributed by atoms with van der Waals surface area (Å²) in [5.74, 6) is -0.310. The van der Waals surface area contributed by atoms with E-state index in [9.17, 15) is 9.59 Å². The van der Waals surface area contributed by atoms with Crippen molar-refractivity contribution in [3.63, 3.8) is 0 Å². The maximum absolute atomic E-state index is 11.0. The van der Waals surface area contributed by atoms with E-state index in [2.05, 4.69) is 5.43 Å². The number of rotatable bonds is 2. The van der Waals surface area contributed by atoms with E-state index >= 15 is 0 Å². The molecule has 66 valence electrons. The van der Waals surface area contributed by atoms with Gasteiger partial charge in [0.2, 0.25) is 11.8 Å². The Kier molecular flexibility index (Phi) is 2.47. The molecule has 1 heterocycles. The molecule has 2 amide bonds. The van der Waals surface area contributed by atoms with Crippen LogP contribution in [-0.2, 0) is 9.59 Å². The fraction of sp³-hybridized carbons (Fsp3) is 0.500. The molecule has 1 saturated heterocycles. The van der Waals surface area contributed by atoms with Crippen molar-refractivity contribution in [1.29, 1.82) is 0 Å². The zero-order valence-corrected chi connectivity index (χ0v) is 7.26. The standard InChI is InChI=1S/C8H12N2O2/c1-6(2)5-9-10-7(11)3-4-8(10)12/h5,9H,3-4H2,1-2H3. The predicted octanol–water partition coefficient (Wildman–Crippen LogP) is 0.564. The Morgan fingerprint density at radius 1 is 1.33 bits per heavy atom. The van der Waals surface area contributed by atoms with Crippen LogP contribution in [0, 0.1) is 0 Å². The van der Waals surface area contributed by atoms with Gasteiger partial charge >= 0.3 is 0 Å². The fourth-order valence-corrected chi connectivity index (χ4v) is 0.914. The molecule has 1 fully saturated rings. The van der Waals surface area contributed by atoms with E-state index in [1.807, 2.05) is 13.8 Å². The van der Waals surface area contributed by atoms with Crippen molar-refractivity contribution in [3.05, 3.63) is 11.8 Å². The first-order chi connectivity index (χ1) is 5.61. The van der Waals surface area contributed by atoms with Gasteiger partial charge in [0.25, 0.3) is 0 Å². The smallest absolute Gasteiger partial charge is 0.248 e. The average Bonchev–Trinajstić information content (AvgIpc) is 2.28. The molecular formula is C8H12N2O2. The van der Waals surface area contributed by atoms with Gasteiger partial charge in [-0.3, -0.25) is 15.0 Å². The lowest BCUT2D eigenvalue weighted by Gasteiger charge is -2.12. The summed E-state index contributed by atoms with van der Waals surface area (Å²) in [6.45, 7) is 3.77. The Bertz CT molecular complexity index is 225. The second-order valence-electron chi connectivity index (χ2n) is 2.97. The van der Waals surface area contributed by atoms with Gasteiger partial charge in [-0.05, 0) is 13.8 Å². The summed E-state index contributed by atoms with van der Waals surface area (Å²) in [6, 6.07) is 0. The predicted molar refractivity (Wildman–Crippen MR) is 43.7 cm³/mol. The quantitative estimate of drug-likeness (QED) is 0.613. The maximum atomic E-state index is 11.0. The van der Waals surface area contributed by atoms with Crippen molar-refractivity contribution in [2.24, 2.45) is 0 Å². The first kappa shape index (κ1) is 8.77. The van der Waals surface area contributed by atoms with Crippen LogP contribution in [0.2, 0.25) is 0 Å². The van der Waals surface area contributed by atoms with Gasteiger partial charge in [0.05, 0.1) is 0 Å². The van der Waals surface area contributed by atoms with Crippen molar-refractivity contribution in [1.82, 2.24) is 10.4 Å². The highest BCUT2D eigenvalue weighted by atomic mass is 16.2. The summed E-state index contributed by atoms with van der Waals surface area (Å²) in [7, 11) is 0. The Hall–Kier alpha value is -1.32. The number of nitrogens with one attached hydrogen (secondary N) is 1. The number of hydrogen-bond acceptors (Lipinski definition) is 3. The number of imide groups is 1. The second-order valence-corrected chi connectivity index (χ2v) is 2.97. The van der Waals surface area contributed by atoms with Crippen LogP contribution in [0.3, 0.4) is 0 Å². The second kappa shape index (κ2) is 3.38. The number of amides is 2. The third-order valence-electron chi connectivity index (χ3n) is 1.53. The number of nitrogens with zero attached hydrogens (tertiary/aromatic N) is 1. The number of carbonyl (C=O) groups is 2. The molecule has 0 aromatic heterocycles. The van der Waals surface area contributed by atoms with E-state index < -0.39 is 0 Å². The van der Waals surface area contributed by atoms with Crippen molar-refractivity contribution < 1.29 is 9.59 Å². The zero-order valence-electron chi connectivity index (χ0n) is 7.26. The number of hydrogen-bond donors (Lipinski definition) is 1. The van der Waals surface area contributed by atoms with Crippen LogP contribution >= 0.6 is 0 Å². The van der Waals surface area contributed by atoms with Crippen molar-refractivity contribution >= 4 is 11.8 Å². The molecule has 1 aliphatic heterocycles. The van der Waals surface area contributed by atoms with Gasteiger partial charge in [-0.1, -0.05) is 5.57 Å². The molecule has 0 radical (unpaired) electrons. The van der Waals surface area contributed by atoms with E-state index in [0.717, 1.165) is 10.6 Å².